The first-order chi connectivity index (χ1) is 18.9. The molecule has 0 aliphatic rings. The molecule has 0 unspecified atom stereocenters. The first-order valence-corrected chi connectivity index (χ1v) is 12.7. The predicted molar refractivity (Wildman–Crippen MR) is 155 cm³/mol. The number of ether oxygens (including phenoxy) is 2. The first-order valence-electron chi connectivity index (χ1n) is 12.3. The molecule has 39 heavy (non-hydrogen) atoms. The van der Waals surface area contributed by atoms with E-state index < -0.39 is 0 Å². The molecular weight excluding hydrogens is 514 g/mol. The van der Waals surface area contributed by atoms with Crippen LogP contribution in [0.1, 0.15) is 12.5 Å². The molecule has 0 fully saturated rings. The number of pyridine rings is 1. The lowest BCUT2D eigenvalue weighted by atomic mass is 10.1. The highest BCUT2D eigenvalue weighted by Gasteiger charge is 2.16. The van der Waals surface area contributed by atoms with E-state index in [0.717, 1.165) is 0 Å². The summed E-state index contributed by atoms with van der Waals surface area (Å²) in [5.74, 6) is 1.36. The number of hydrogen-bond donors (Lipinski definition) is 2. The van der Waals surface area contributed by atoms with E-state index in [2.05, 4.69) is 21.7 Å². The van der Waals surface area contributed by atoms with Crippen molar-refractivity contribution in [3.05, 3.63) is 89.6 Å². The molecule has 198 valence electrons. The third-order valence-corrected chi connectivity index (χ3v) is 5.85. The van der Waals surface area contributed by atoms with Crippen LogP contribution < -0.4 is 20.1 Å². The highest BCUT2D eigenvalue weighted by molar-refractivity contribution is 6.32. The summed E-state index contributed by atoms with van der Waals surface area (Å²) in [4.78, 5) is 19.0. The first kappa shape index (κ1) is 27.5. The topological polar surface area (TPSA) is 99.5 Å². The molecule has 8 nitrogen and oxygen atoms in total. The molecule has 0 aliphatic carbocycles. The fourth-order valence-electron chi connectivity index (χ4n) is 3.78. The number of aromatic nitrogens is 1. The van der Waals surface area contributed by atoms with Gasteiger partial charge in [-0.05, 0) is 57.4 Å². The van der Waals surface area contributed by atoms with Crippen molar-refractivity contribution < 1.29 is 14.3 Å². The minimum absolute atomic E-state index is 0.295. The highest BCUT2D eigenvalue weighted by Crippen LogP contribution is 2.38. The minimum Gasteiger partial charge on any atom is -0.492 e. The Morgan fingerprint density at radius 3 is 2.62 bits per heavy atom. The summed E-state index contributed by atoms with van der Waals surface area (Å²) in [6.45, 7) is 2.90. The molecule has 4 rings (SSSR count). The van der Waals surface area contributed by atoms with Crippen molar-refractivity contribution in [3.63, 3.8) is 0 Å². The summed E-state index contributed by atoms with van der Waals surface area (Å²) in [6.07, 6.45) is 4.75. The maximum Gasteiger partial charge on any atom is 0.248 e. The van der Waals surface area contributed by atoms with Crippen molar-refractivity contribution in [2.24, 2.45) is 0 Å². The highest BCUT2D eigenvalue weighted by atomic mass is 35.5. The van der Waals surface area contributed by atoms with Crippen molar-refractivity contribution >= 4 is 45.5 Å². The van der Waals surface area contributed by atoms with Crippen LogP contribution in [0.4, 0.5) is 17.1 Å². The van der Waals surface area contributed by atoms with E-state index in [1.807, 2.05) is 62.3 Å². The Labute approximate surface area is 232 Å². The lowest BCUT2D eigenvalue weighted by Gasteiger charge is -2.16. The molecule has 0 aliphatic heterocycles. The Bertz CT molecular complexity index is 1550. The second-order valence-corrected chi connectivity index (χ2v) is 9.20. The van der Waals surface area contributed by atoms with E-state index in [1.54, 1.807) is 30.3 Å². The van der Waals surface area contributed by atoms with Gasteiger partial charge in [0, 0.05) is 36.0 Å². The Morgan fingerprint density at radius 2 is 1.92 bits per heavy atom. The molecule has 0 saturated carbocycles. The Balaban J connectivity index is 1.69. The average molecular weight is 542 g/mol. The van der Waals surface area contributed by atoms with Gasteiger partial charge in [-0.2, -0.15) is 5.26 Å². The zero-order chi connectivity index (χ0) is 27.8. The SMILES string of the molecule is CCOc1cc2ncc(C#N)c(Nc3ccc(Oc4ccccc4)c(Cl)c3)c2cc1NC(=O)C=CCN(C)C. The second-order valence-electron chi connectivity index (χ2n) is 8.80. The third-order valence-electron chi connectivity index (χ3n) is 5.56. The van der Waals surface area contributed by atoms with Gasteiger partial charge in [0.2, 0.25) is 5.91 Å². The quantitative estimate of drug-likeness (QED) is 0.214. The summed E-state index contributed by atoms with van der Waals surface area (Å²) in [5, 5.41) is 17.0. The number of rotatable bonds is 10. The molecule has 0 atom stereocenters. The molecule has 1 heterocycles. The van der Waals surface area contributed by atoms with Crippen LogP contribution in [0, 0.1) is 11.3 Å². The largest absolute Gasteiger partial charge is 0.492 e. The van der Waals surface area contributed by atoms with Crippen LogP contribution in [-0.2, 0) is 4.79 Å². The van der Waals surface area contributed by atoms with Crippen LogP contribution in [-0.4, -0.2) is 43.0 Å². The van der Waals surface area contributed by atoms with E-state index in [-0.39, 0.29) is 5.91 Å². The van der Waals surface area contributed by atoms with Crippen molar-refractivity contribution in [2.45, 2.75) is 6.92 Å². The van der Waals surface area contributed by atoms with Gasteiger partial charge in [-0.1, -0.05) is 35.9 Å². The Morgan fingerprint density at radius 1 is 1.13 bits per heavy atom. The average Bonchev–Trinajstić information content (AvgIpc) is 2.91. The van der Waals surface area contributed by atoms with Crippen molar-refractivity contribution in [1.29, 1.82) is 5.26 Å². The third kappa shape index (κ3) is 7.05. The number of nitrogens with zero attached hydrogens (tertiary/aromatic N) is 3. The normalized spacial score (nSPS) is 11.0. The zero-order valence-corrected chi connectivity index (χ0v) is 22.6. The summed E-state index contributed by atoms with van der Waals surface area (Å²) >= 11 is 6.52. The smallest absolute Gasteiger partial charge is 0.248 e. The van der Waals surface area contributed by atoms with Crippen LogP contribution >= 0.6 is 11.6 Å². The van der Waals surface area contributed by atoms with Gasteiger partial charge >= 0.3 is 0 Å². The van der Waals surface area contributed by atoms with Gasteiger partial charge in [-0.25, -0.2) is 0 Å². The summed E-state index contributed by atoms with van der Waals surface area (Å²) < 4.78 is 11.7. The van der Waals surface area contributed by atoms with E-state index in [4.69, 9.17) is 21.1 Å². The maximum atomic E-state index is 12.6. The summed E-state index contributed by atoms with van der Waals surface area (Å²) in [7, 11) is 3.84. The molecule has 9 heteroatoms. The molecule has 0 bridgehead atoms. The van der Waals surface area contributed by atoms with Crippen molar-refractivity contribution in [3.8, 4) is 23.3 Å². The van der Waals surface area contributed by atoms with E-state index in [9.17, 15) is 10.1 Å². The van der Waals surface area contributed by atoms with E-state index >= 15 is 0 Å². The van der Waals surface area contributed by atoms with Crippen molar-refractivity contribution in [1.82, 2.24) is 9.88 Å². The van der Waals surface area contributed by atoms with Gasteiger partial charge in [-0.3, -0.25) is 9.78 Å². The number of carbonyl (C=O) groups excluding carboxylic acids is 1. The fourth-order valence-corrected chi connectivity index (χ4v) is 4.00. The maximum absolute atomic E-state index is 12.6. The molecule has 4 aromatic rings. The minimum atomic E-state index is -0.295. The molecule has 2 N–H and O–H groups in total. The number of amides is 1. The van der Waals surface area contributed by atoms with Gasteiger partial charge in [0.05, 0.1) is 34.1 Å². The molecule has 0 saturated heterocycles. The van der Waals surface area contributed by atoms with Gasteiger partial charge < -0.3 is 25.0 Å². The lowest BCUT2D eigenvalue weighted by molar-refractivity contribution is -0.111. The molecule has 0 radical (unpaired) electrons. The van der Waals surface area contributed by atoms with Crippen LogP contribution in [0.15, 0.2) is 79.0 Å². The number of fused-ring (bicyclic) bond motifs is 1. The number of benzene rings is 3. The second kappa shape index (κ2) is 12.8. The van der Waals surface area contributed by atoms with Gasteiger partial charge in [-0.15, -0.1) is 0 Å². The molecular formula is C30H28ClN5O3. The standard InChI is InChI=1S/C30H28ClN5O3/c1-4-38-28-17-25-23(16-26(28)35-29(37)11-8-14-36(2)3)30(20(18-32)19-33-25)34-21-12-13-27(24(31)15-21)39-22-9-6-5-7-10-22/h5-13,15-17,19H,4,14H2,1-3H3,(H,33,34)(H,35,37). The van der Waals surface area contributed by atoms with Crippen LogP contribution in [0.2, 0.25) is 5.02 Å². The molecule has 0 spiro atoms. The molecule has 1 aromatic heterocycles. The molecule has 1 amide bonds. The summed E-state index contributed by atoms with van der Waals surface area (Å²) in [6, 6.07) is 20.3. The Kier molecular flexibility index (Phi) is 9.00. The number of carbonyl (C=O) groups is 1. The number of hydrogen-bond acceptors (Lipinski definition) is 7. The van der Waals surface area contributed by atoms with Gasteiger partial charge in [0.25, 0.3) is 0 Å². The van der Waals surface area contributed by atoms with E-state index in [0.29, 0.717) is 69.0 Å². The monoisotopic (exact) mass is 541 g/mol. The van der Waals surface area contributed by atoms with E-state index in [1.165, 1.54) is 12.3 Å². The number of nitrogens with one attached hydrogen (secondary N) is 2. The van der Waals surface area contributed by atoms with Gasteiger partial charge in [0.1, 0.15) is 23.3 Å². The molecule has 3 aromatic carbocycles. The van der Waals surface area contributed by atoms with Gasteiger partial charge in [0.15, 0.2) is 0 Å². The van der Waals surface area contributed by atoms with Crippen LogP contribution in [0.25, 0.3) is 10.9 Å². The van der Waals surface area contributed by atoms with Crippen LogP contribution in [0.5, 0.6) is 17.2 Å². The fraction of sp³-hybridized carbons (Fsp3) is 0.167. The number of para-hydroxylation sites is 1. The predicted octanol–water partition coefficient (Wildman–Crippen LogP) is 6.75. The lowest BCUT2D eigenvalue weighted by Crippen LogP contribution is -2.13. The number of anilines is 3. The van der Waals surface area contributed by atoms with Crippen LogP contribution in [0.3, 0.4) is 0 Å². The summed E-state index contributed by atoms with van der Waals surface area (Å²) in [5.41, 5.74) is 2.56. The number of likely N-dealkylation sites (N-methyl/N-ethyl adjacent to an activating group) is 1. The number of halogens is 1. The zero-order valence-electron chi connectivity index (χ0n) is 21.9. The van der Waals surface area contributed by atoms with Crippen molar-refractivity contribution in [2.75, 3.05) is 37.9 Å². The Hall–Kier alpha value is -4.58. The number of nitriles is 1.